The van der Waals surface area contributed by atoms with E-state index in [2.05, 4.69) is 13.8 Å². The van der Waals surface area contributed by atoms with Gasteiger partial charge in [-0.15, -0.1) is 0 Å². The summed E-state index contributed by atoms with van der Waals surface area (Å²) in [7, 11) is 0. The normalized spacial score (nSPS) is 27.2. The molecule has 1 aliphatic heterocycles. The van der Waals surface area contributed by atoms with Crippen LogP contribution in [-0.4, -0.2) is 33.7 Å². The van der Waals surface area contributed by atoms with E-state index in [0.29, 0.717) is 11.2 Å². The van der Waals surface area contributed by atoms with Crippen LogP contribution in [0.3, 0.4) is 0 Å². The maximum absolute atomic E-state index is 10.0. The summed E-state index contributed by atoms with van der Waals surface area (Å²) in [5, 5.41) is 10.5. The van der Waals surface area contributed by atoms with Gasteiger partial charge in [0.25, 0.3) is 0 Å². The minimum absolute atomic E-state index is 0.0747. The van der Waals surface area contributed by atoms with Crippen molar-refractivity contribution < 1.29 is 5.11 Å². The molecule has 84 valence electrons. The highest BCUT2D eigenvalue weighted by atomic mass is 32.2. The van der Waals surface area contributed by atoms with Gasteiger partial charge in [0, 0.05) is 22.5 Å². The van der Waals surface area contributed by atoms with E-state index in [1.807, 2.05) is 23.5 Å². The van der Waals surface area contributed by atoms with Gasteiger partial charge in [0.15, 0.2) is 0 Å². The molecule has 0 aromatic carbocycles. The molecule has 1 saturated heterocycles. The summed E-state index contributed by atoms with van der Waals surface area (Å²) < 4.78 is 0. The lowest BCUT2D eigenvalue weighted by molar-refractivity contribution is 0.145. The van der Waals surface area contributed by atoms with Gasteiger partial charge < -0.3 is 5.11 Å². The molecule has 1 nitrogen and oxygen atoms in total. The second-order valence-corrected chi connectivity index (χ2v) is 6.68. The molecule has 1 rings (SSSR count). The minimum Gasteiger partial charge on any atom is -0.392 e. The Balaban J connectivity index is 2.21. The molecule has 0 aliphatic carbocycles. The van der Waals surface area contributed by atoms with Crippen molar-refractivity contribution in [2.45, 2.75) is 44.5 Å². The third-order valence-electron chi connectivity index (χ3n) is 2.70. The van der Waals surface area contributed by atoms with Gasteiger partial charge in [-0.05, 0) is 12.3 Å². The molecule has 14 heavy (non-hydrogen) atoms. The van der Waals surface area contributed by atoms with E-state index in [-0.39, 0.29) is 6.10 Å². The van der Waals surface area contributed by atoms with Crippen LogP contribution in [0.1, 0.15) is 33.1 Å². The summed E-state index contributed by atoms with van der Waals surface area (Å²) in [6.45, 7) is 4.47. The van der Waals surface area contributed by atoms with Crippen LogP contribution in [0.4, 0.5) is 0 Å². The van der Waals surface area contributed by atoms with Gasteiger partial charge in [0.05, 0.1) is 6.10 Å². The average Bonchev–Trinajstić information content (AvgIpc) is 2.19. The number of rotatable bonds is 5. The molecule has 0 amide bonds. The molecule has 3 heteroatoms. The standard InChI is InChI=1S/C11H22OS2/c1-3-4-9(2)7-10(12)11-8-13-5-6-14-11/h9-12H,3-8H2,1-2H3. The van der Waals surface area contributed by atoms with Crippen LogP contribution in [0.2, 0.25) is 0 Å². The SMILES string of the molecule is CCCC(C)CC(O)C1CSCCS1. The number of hydrogen-bond donors (Lipinski definition) is 1. The Bertz CT molecular complexity index is 146. The highest BCUT2D eigenvalue weighted by Crippen LogP contribution is 2.29. The molecule has 0 aromatic heterocycles. The first-order valence-corrected chi connectivity index (χ1v) is 7.81. The van der Waals surface area contributed by atoms with Gasteiger partial charge >= 0.3 is 0 Å². The lowest BCUT2D eigenvalue weighted by atomic mass is 9.97. The molecule has 1 fully saturated rings. The molecule has 0 radical (unpaired) electrons. The lowest BCUT2D eigenvalue weighted by Crippen LogP contribution is -2.30. The predicted octanol–water partition coefficient (Wildman–Crippen LogP) is 3.02. The quantitative estimate of drug-likeness (QED) is 0.789. The highest BCUT2D eigenvalue weighted by Gasteiger charge is 2.23. The summed E-state index contributed by atoms with van der Waals surface area (Å²) in [5.74, 6) is 4.31. The van der Waals surface area contributed by atoms with Crippen LogP contribution >= 0.6 is 23.5 Å². The second-order valence-electron chi connectivity index (χ2n) is 4.18. The van der Waals surface area contributed by atoms with E-state index >= 15 is 0 Å². The second kappa shape index (κ2) is 7.02. The molecule has 3 atom stereocenters. The smallest absolute Gasteiger partial charge is 0.0669 e. The molecule has 0 spiro atoms. The van der Waals surface area contributed by atoms with E-state index in [1.165, 1.54) is 24.3 Å². The topological polar surface area (TPSA) is 20.2 Å². The summed E-state index contributed by atoms with van der Waals surface area (Å²) in [6.07, 6.45) is 3.41. The summed E-state index contributed by atoms with van der Waals surface area (Å²) >= 11 is 3.95. The molecular weight excluding hydrogens is 212 g/mol. The van der Waals surface area contributed by atoms with Crippen LogP contribution in [0.25, 0.3) is 0 Å². The van der Waals surface area contributed by atoms with Crippen molar-refractivity contribution in [2.75, 3.05) is 17.3 Å². The van der Waals surface area contributed by atoms with E-state index in [0.717, 1.165) is 12.2 Å². The molecule has 0 saturated carbocycles. The monoisotopic (exact) mass is 234 g/mol. The third kappa shape index (κ3) is 4.45. The Hall–Kier alpha value is 0.660. The molecule has 0 aromatic rings. The number of hydrogen-bond acceptors (Lipinski definition) is 3. The Morgan fingerprint density at radius 3 is 2.79 bits per heavy atom. The van der Waals surface area contributed by atoms with Crippen LogP contribution in [0, 0.1) is 5.92 Å². The zero-order valence-corrected chi connectivity index (χ0v) is 10.9. The van der Waals surface area contributed by atoms with E-state index in [4.69, 9.17) is 0 Å². The number of aliphatic hydroxyl groups is 1. The first-order valence-electron chi connectivity index (χ1n) is 5.61. The fourth-order valence-corrected chi connectivity index (χ4v) is 4.69. The van der Waals surface area contributed by atoms with Gasteiger partial charge in [-0.1, -0.05) is 26.7 Å². The molecule has 1 aliphatic rings. The van der Waals surface area contributed by atoms with E-state index in [1.54, 1.807) is 0 Å². The van der Waals surface area contributed by atoms with Crippen molar-refractivity contribution >= 4 is 23.5 Å². The summed E-state index contributed by atoms with van der Waals surface area (Å²) in [6, 6.07) is 0. The zero-order valence-electron chi connectivity index (χ0n) is 9.24. The van der Waals surface area contributed by atoms with Crippen molar-refractivity contribution in [1.82, 2.24) is 0 Å². The van der Waals surface area contributed by atoms with Crippen molar-refractivity contribution in [2.24, 2.45) is 5.92 Å². The Morgan fingerprint density at radius 1 is 1.43 bits per heavy atom. The van der Waals surface area contributed by atoms with Crippen molar-refractivity contribution in [3.8, 4) is 0 Å². The molecule has 1 N–H and O–H groups in total. The number of aliphatic hydroxyl groups excluding tert-OH is 1. The molecule has 0 bridgehead atoms. The minimum atomic E-state index is -0.0747. The number of thioether (sulfide) groups is 2. The lowest BCUT2D eigenvalue weighted by Gasteiger charge is -2.27. The van der Waals surface area contributed by atoms with Crippen LogP contribution in [-0.2, 0) is 0 Å². The molecule has 1 heterocycles. The van der Waals surface area contributed by atoms with Gasteiger partial charge in [-0.2, -0.15) is 23.5 Å². The summed E-state index contributed by atoms with van der Waals surface area (Å²) in [4.78, 5) is 0. The van der Waals surface area contributed by atoms with Gasteiger partial charge in [0.2, 0.25) is 0 Å². The zero-order chi connectivity index (χ0) is 10.4. The average molecular weight is 234 g/mol. The summed E-state index contributed by atoms with van der Waals surface area (Å²) in [5.41, 5.74) is 0. The first kappa shape index (κ1) is 12.7. The van der Waals surface area contributed by atoms with Gasteiger partial charge in [-0.25, -0.2) is 0 Å². The fourth-order valence-electron chi connectivity index (χ4n) is 1.90. The first-order chi connectivity index (χ1) is 6.74. The van der Waals surface area contributed by atoms with Crippen molar-refractivity contribution in [1.29, 1.82) is 0 Å². The van der Waals surface area contributed by atoms with Gasteiger partial charge in [0.1, 0.15) is 0 Å². The third-order valence-corrected chi connectivity index (χ3v) is 5.60. The predicted molar refractivity (Wildman–Crippen MR) is 68.3 cm³/mol. The Kier molecular flexibility index (Phi) is 6.38. The largest absolute Gasteiger partial charge is 0.392 e. The van der Waals surface area contributed by atoms with E-state index in [9.17, 15) is 5.11 Å². The highest BCUT2D eigenvalue weighted by molar-refractivity contribution is 8.06. The van der Waals surface area contributed by atoms with E-state index < -0.39 is 0 Å². The fraction of sp³-hybridized carbons (Fsp3) is 1.00. The van der Waals surface area contributed by atoms with Crippen molar-refractivity contribution in [3.05, 3.63) is 0 Å². The van der Waals surface area contributed by atoms with Crippen molar-refractivity contribution in [3.63, 3.8) is 0 Å². The molecular formula is C11H22OS2. The van der Waals surface area contributed by atoms with Gasteiger partial charge in [-0.3, -0.25) is 0 Å². The maximum atomic E-state index is 10.0. The van der Waals surface area contributed by atoms with Crippen LogP contribution in [0.15, 0.2) is 0 Å². The maximum Gasteiger partial charge on any atom is 0.0669 e. The van der Waals surface area contributed by atoms with Crippen LogP contribution < -0.4 is 0 Å². The Morgan fingerprint density at radius 2 is 2.21 bits per heavy atom. The molecule has 3 unspecified atom stereocenters. The van der Waals surface area contributed by atoms with Crippen LogP contribution in [0.5, 0.6) is 0 Å². The Labute approximate surface area is 96.4 Å².